The number of hydrogen-bond donors (Lipinski definition) is 1. The minimum Gasteiger partial charge on any atom is -0.382 e. The van der Waals surface area contributed by atoms with Gasteiger partial charge in [0.2, 0.25) is 0 Å². The van der Waals surface area contributed by atoms with Crippen molar-refractivity contribution in [3.8, 4) is 0 Å². The molecule has 2 aromatic rings. The Bertz CT molecular complexity index is 531. The average molecular weight is 262 g/mol. The summed E-state index contributed by atoms with van der Waals surface area (Å²) in [6, 6.07) is 4.63. The highest BCUT2D eigenvalue weighted by Crippen LogP contribution is 2.32. The molecule has 18 heavy (non-hydrogen) atoms. The van der Waals surface area contributed by atoms with Crippen LogP contribution in [-0.4, -0.2) is 27.8 Å². The predicted molar refractivity (Wildman–Crippen MR) is 74.7 cm³/mol. The number of hydrogen-bond acceptors (Lipinski definition) is 4. The van der Waals surface area contributed by atoms with Crippen molar-refractivity contribution in [1.29, 1.82) is 0 Å². The summed E-state index contributed by atoms with van der Waals surface area (Å²) in [4.78, 5) is 4.08. The number of nitrogens with two attached hydrogens (primary N) is 1. The number of thiophene rings is 1. The molecule has 1 aliphatic heterocycles. The summed E-state index contributed by atoms with van der Waals surface area (Å²) in [5, 5.41) is 6.43. The van der Waals surface area contributed by atoms with E-state index in [2.05, 4.69) is 28.4 Å². The molecule has 96 valence electrons. The summed E-state index contributed by atoms with van der Waals surface area (Å²) in [7, 11) is 0. The van der Waals surface area contributed by atoms with E-state index in [1.54, 1.807) is 4.88 Å². The molecule has 3 rings (SSSR count). The van der Waals surface area contributed by atoms with Gasteiger partial charge in [-0.3, -0.25) is 9.58 Å². The SMILES string of the molecule is CC1c2ccsc2CCN1CCn1ccc(N)n1. The second-order valence-electron chi connectivity index (χ2n) is 4.76. The summed E-state index contributed by atoms with van der Waals surface area (Å²) < 4.78 is 1.92. The first-order valence-corrected chi connectivity index (χ1v) is 7.21. The minimum atomic E-state index is 0.521. The molecule has 4 nitrogen and oxygen atoms in total. The van der Waals surface area contributed by atoms with Gasteiger partial charge >= 0.3 is 0 Å². The number of fused-ring (bicyclic) bond motifs is 1. The van der Waals surface area contributed by atoms with Crippen molar-refractivity contribution in [2.75, 3.05) is 18.8 Å². The molecule has 0 saturated heterocycles. The van der Waals surface area contributed by atoms with Crippen LogP contribution >= 0.6 is 11.3 Å². The molecule has 0 fully saturated rings. The molecule has 2 aromatic heterocycles. The van der Waals surface area contributed by atoms with Gasteiger partial charge in [0.15, 0.2) is 0 Å². The van der Waals surface area contributed by atoms with Gasteiger partial charge in [0.05, 0.1) is 6.54 Å². The zero-order chi connectivity index (χ0) is 12.5. The van der Waals surface area contributed by atoms with Gasteiger partial charge in [0.1, 0.15) is 5.82 Å². The minimum absolute atomic E-state index is 0.521. The van der Waals surface area contributed by atoms with E-state index in [9.17, 15) is 0 Å². The topological polar surface area (TPSA) is 47.1 Å². The Labute approximate surface area is 111 Å². The molecule has 2 N–H and O–H groups in total. The quantitative estimate of drug-likeness (QED) is 0.922. The van der Waals surface area contributed by atoms with Crippen LogP contribution in [0.1, 0.15) is 23.4 Å². The predicted octanol–water partition coefficient (Wildman–Crippen LogP) is 2.15. The van der Waals surface area contributed by atoms with Gasteiger partial charge in [0, 0.05) is 30.2 Å². The molecule has 0 amide bonds. The summed E-state index contributed by atoms with van der Waals surface area (Å²) in [5.74, 6) is 0.599. The van der Waals surface area contributed by atoms with Crippen molar-refractivity contribution in [3.05, 3.63) is 34.2 Å². The third-order valence-electron chi connectivity index (χ3n) is 3.68. The second-order valence-corrected chi connectivity index (χ2v) is 5.77. The van der Waals surface area contributed by atoms with E-state index in [1.807, 2.05) is 28.3 Å². The van der Waals surface area contributed by atoms with E-state index in [4.69, 9.17) is 5.73 Å². The van der Waals surface area contributed by atoms with Gasteiger partial charge in [-0.25, -0.2) is 0 Å². The fourth-order valence-electron chi connectivity index (χ4n) is 2.60. The molecule has 1 atom stereocenters. The maximum atomic E-state index is 5.62. The zero-order valence-corrected chi connectivity index (χ0v) is 11.4. The van der Waals surface area contributed by atoms with Crippen LogP contribution in [0.25, 0.3) is 0 Å². The van der Waals surface area contributed by atoms with Crippen molar-refractivity contribution in [3.63, 3.8) is 0 Å². The van der Waals surface area contributed by atoms with E-state index < -0.39 is 0 Å². The van der Waals surface area contributed by atoms with E-state index in [1.165, 1.54) is 12.0 Å². The number of nitrogen functional groups attached to an aromatic ring is 1. The van der Waals surface area contributed by atoms with Crippen molar-refractivity contribution < 1.29 is 0 Å². The normalized spacial score (nSPS) is 19.9. The first-order valence-electron chi connectivity index (χ1n) is 6.33. The highest BCUT2D eigenvalue weighted by Gasteiger charge is 2.24. The Balaban J connectivity index is 1.64. The van der Waals surface area contributed by atoms with E-state index >= 15 is 0 Å². The fourth-order valence-corrected chi connectivity index (χ4v) is 3.56. The second kappa shape index (κ2) is 4.74. The first kappa shape index (κ1) is 11.7. The molecule has 5 heteroatoms. The molecule has 0 aromatic carbocycles. The van der Waals surface area contributed by atoms with Gasteiger partial charge in [-0.05, 0) is 36.4 Å². The third-order valence-corrected chi connectivity index (χ3v) is 4.68. The van der Waals surface area contributed by atoms with Crippen LogP contribution < -0.4 is 5.73 Å². The monoisotopic (exact) mass is 262 g/mol. The lowest BCUT2D eigenvalue weighted by atomic mass is 10.0. The van der Waals surface area contributed by atoms with Gasteiger partial charge in [-0.1, -0.05) is 0 Å². The molecular formula is C13H18N4S. The van der Waals surface area contributed by atoms with E-state index in [-0.39, 0.29) is 0 Å². The van der Waals surface area contributed by atoms with Crippen LogP contribution in [0, 0.1) is 0 Å². The molecule has 0 aliphatic carbocycles. The Hall–Kier alpha value is -1.33. The molecule has 0 spiro atoms. The Morgan fingerprint density at radius 1 is 1.44 bits per heavy atom. The smallest absolute Gasteiger partial charge is 0.145 e. The largest absolute Gasteiger partial charge is 0.382 e. The van der Waals surface area contributed by atoms with Gasteiger partial charge in [-0.2, -0.15) is 5.10 Å². The van der Waals surface area contributed by atoms with Gasteiger partial charge in [-0.15, -0.1) is 11.3 Å². The number of nitrogens with zero attached hydrogens (tertiary/aromatic N) is 3. The van der Waals surface area contributed by atoms with E-state index in [0.717, 1.165) is 19.6 Å². The van der Waals surface area contributed by atoms with Gasteiger partial charge < -0.3 is 5.73 Å². The van der Waals surface area contributed by atoms with Crippen molar-refractivity contribution in [2.24, 2.45) is 0 Å². The summed E-state index contributed by atoms with van der Waals surface area (Å²) in [5.41, 5.74) is 7.13. The summed E-state index contributed by atoms with van der Waals surface area (Å²) >= 11 is 1.89. The lowest BCUT2D eigenvalue weighted by Crippen LogP contribution is -2.35. The number of rotatable bonds is 3. The Kier molecular flexibility index (Phi) is 3.09. The Morgan fingerprint density at radius 2 is 2.33 bits per heavy atom. The Morgan fingerprint density at radius 3 is 3.11 bits per heavy atom. The summed E-state index contributed by atoms with van der Waals surface area (Å²) in [6.07, 6.45) is 3.12. The maximum absolute atomic E-state index is 5.62. The van der Waals surface area contributed by atoms with Crippen molar-refractivity contribution >= 4 is 17.2 Å². The molecule has 1 aliphatic rings. The number of aromatic nitrogens is 2. The van der Waals surface area contributed by atoms with Crippen LogP contribution in [0.2, 0.25) is 0 Å². The van der Waals surface area contributed by atoms with Crippen LogP contribution in [0.5, 0.6) is 0 Å². The van der Waals surface area contributed by atoms with Crippen molar-refractivity contribution in [1.82, 2.24) is 14.7 Å². The van der Waals surface area contributed by atoms with Crippen molar-refractivity contribution in [2.45, 2.75) is 25.9 Å². The lowest BCUT2D eigenvalue weighted by molar-refractivity contribution is 0.190. The fraction of sp³-hybridized carbons (Fsp3) is 0.462. The average Bonchev–Trinajstić information content (AvgIpc) is 2.97. The highest BCUT2D eigenvalue weighted by atomic mass is 32.1. The molecule has 0 bridgehead atoms. The molecule has 3 heterocycles. The molecule has 0 saturated carbocycles. The zero-order valence-electron chi connectivity index (χ0n) is 10.5. The molecular weight excluding hydrogens is 244 g/mol. The van der Waals surface area contributed by atoms with Crippen LogP contribution in [0.4, 0.5) is 5.82 Å². The van der Waals surface area contributed by atoms with Gasteiger partial charge in [0.25, 0.3) is 0 Å². The third kappa shape index (κ3) is 2.15. The maximum Gasteiger partial charge on any atom is 0.145 e. The molecule has 0 radical (unpaired) electrons. The highest BCUT2D eigenvalue weighted by molar-refractivity contribution is 7.10. The standard InChI is InChI=1S/C13H18N4S/c1-10-11-4-9-18-12(11)2-5-16(10)7-8-17-6-3-13(14)15-17/h3-4,6,9-10H,2,5,7-8H2,1H3,(H2,14,15). The van der Waals surface area contributed by atoms with Crippen LogP contribution in [-0.2, 0) is 13.0 Å². The molecule has 1 unspecified atom stereocenters. The van der Waals surface area contributed by atoms with E-state index in [0.29, 0.717) is 11.9 Å². The lowest BCUT2D eigenvalue weighted by Gasteiger charge is -2.33. The van der Waals surface area contributed by atoms with Crippen LogP contribution in [0.15, 0.2) is 23.7 Å². The summed E-state index contributed by atoms with van der Waals surface area (Å²) in [6.45, 7) is 5.37. The first-order chi connectivity index (χ1) is 8.74. The number of anilines is 1. The van der Waals surface area contributed by atoms with Crippen LogP contribution in [0.3, 0.4) is 0 Å².